The molecule has 1 rings (SSSR count). The lowest BCUT2D eigenvalue weighted by atomic mass is 10.0. The number of nitrogens with two attached hydrogens (primary N) is 2. The van der Waals surface area contributed by atoms with Crippen LogP contribution in [0, 0.1) is 5.92 Å². The lowest BCUT2D eigenvalue weighted by Crippen LogP contribution is -2.36. The fourth-order valence-corrected chi connectivity index (χ4v) is 2.41. The molecule has 0 saturated carbocycles. The molecule has 5 N–H and O–H groups in total. The number of rotatable bonds is 6. The molecule has 0 radical (unpaired) electrons. The summed E-state index contributed by atoms with van der Waals surface area (Å²) in [6.45, 7) is 5.10. The van der Waals surface area contributed by atoms with Crippen molar-refractivity contribution in [3.63, 3.8) is 0 Å². The molecule has 0 fully saturated rings. The van der Waals surface area contributed by atoms with Gasteiger partial charge in [0.1, 0.15) is 10.6 Å². The molecular weight excluding hydrogens is 250 g/mol. The van der Waals surface area contributed by atoms with E-state index < -0.39 is 5.91 Å². The molecule has 1 aromatic rings. The summed E-state index contributed by atoms with van der Waals surface area (Å²) in [7, 11) is 4.01. The van der Waals surface area contributed by atoms with E-state index in [0.29, 0.717) is 16.5 Å². The second-order valence-electron chi connectivity index (χ2n) is 4.89. The van der Waals surface area contributed by atoms with E-state index in [1.165, 1.54) is 11.5 Å². The predicted molar refractivity (Wildman–Crippen MR) is 75.8 cm³/mol. The number of nitrogens with one attached hydrogen (secondary N) is 1. The second-order valence-corrected chi connectivity index (χ2v) is 5.67. The summed E-state index contributed by atoms with van der Waals surface area (Å²) in [6, 6.07) is 0.206. The van der Waals surface area contributed by atoms with Crippen molar-refractivity contribution < 1.29 is 4.79 Å². The normalized spacial score (nSPS) is 13.0. The number of carbonyl (C=O) groups excluding carboxylic acids is 1. The van der Waals surface area contributed by atoms with Gasteiger partial charge in [0.25, 0.3) is 5.91 Å². The molecule has 0 aliphatic heterocycles. The first kappa shape index (κ1) is 14.7. The van der Waals surface area contributed by atoms with E-state index in [9.17, 15) is 4.79 Å². The zero-order chi connectivity index (χ0) is 13.9. The first-order chi connectivity index (χ1) is 8.32. The molecule has 1 atom stereocenters. The minimum absolute atomic E-state index is 0.197. The number of amides is 1. The smallest absolute Gasteiger partial charge is 0.255 e. The third kappa shape index (κ3) is 3.58. The molecule has 0 bridgehead atoms. The van der Waals surface area contributed by atoms with Crippen molar-refractivity contribution in [3.05, 3.63) is 5.56 Å². The highest BCUT2D eigenvalue weighted by molar-refractivity contribution is 7.11. The number of carbonyl (C=O) groups is 1. The van der Waals surface area contributed by atoms with E-state index in [1.54, 1.807) is 0 Å². The predicted octanol–water partition coefficient (Wildman–Crippen LogP) is 0.822. The van der Waals surface area contributed by atoms with Crippen LogP contribution in [0.1, 0.15) is 24.2 Å². The maximum atomic E-state index is 11.3. The highest BCUT2D eigenvalue weighted by atomic mass is 32.1. The summed E-state index contributed by atoms with van der Waals surface area (Å²) in [4.78, 5) is 13.4. The van der Waals surface area contributed by atoms with Gasteiger partial charge < -0.3 is 21.7 Å². The summed E-state index contributed by atoms with van der Waals surface area (Å²) < 4.78 is 3.97. The number of nitrogen functional groups attached to an aromatic ring is 1. The number of aromatic nitrogens is 1. The lowest BCUT2D eigenvalue weighted by molar-refractivity contribution is 0.100. The van der Waals surface area contributed by atoms with Crippen molar-refractivity contribution in [2.24, 2.45) is 11.7 Å². The fraction of sp³-hybridized carbons (Fsp3) is 0.636. The fourth-order valence-electron chi connectivity index (χ4n) is 1.62. The van der Waals surface area contributed by atoms with E-state index in [2.05, 4.69) is 28.4 Å². The van der Waals surface area contributed by atoms with Gasteiger partial charge in [-0.25, -0.2) is 0 Å². The van der Waals surface area contributed by atoms with Gasteiger partial charge in [0.2, 0.25) is 0 Å². The Kier molecular flexibility index (Phi) is 4.92. The molecule has 1 amide bonds. The van der Waals surface area contributed by atoms with Gasteiger partial charge in [-0.05, 0) is 31.5 Å². The van der Waals surface area contributed by atoms with Gasteiger partial charge in [-0.15, -0.1) is 0 Å². The maximum absolute atomic E-state index is 11.3. The molecule has 0 aliphatic carbocycles. The van der Waals surface area contributed by atoms with Crippen LogP contribution in [0.2, 0.25) is 0 Å². The SMILES string of the molecule is CC(C)C(CN(C)C)Nc1snc(N)c1C(N)=O. The van der Waals surface area contributed by atoms with Gasteiger partial charge in [-0.3, -0.25) is 4.79 Å². The van der Waals surface area contributed by atoms with Gasteiger partial charge in [0.15, 0.2) is 5.82 Å². The molecule has 0 aromatic carbocycles. The van der Waals surface area contributed by atoms with Gasteiger partial charge in [-0.2, -0.15) is 4.37 Å². The second kappa shape index (κ2) is 6.01. The first-order valence-electron chi connectivity index (χ1n) is 5.79. The van der Waals surface area contributed by atoms with Crippen LogP contribution >= 0.6 is 11.5 Å². The monoisotopic (exact) mass is 271 g/mol. The van der Waals surface area contributed by atoms with Crippen molar-refractivity contribution in [1.82, 2.24) is 9.27 Å². The van der Waals surface area contributed by atoms with E-state index >= 15 is 0 Å². The van der Waals surface area contributed by atoms with Gasteiger partial charge in [0, 0.05) is 12.6 Å². The Morgan fingerprint density at radius 3 is 2.56 bits per heavy atom. The van der Waals surface area contributed by atoms with Crippen molar-refractivity contribution >= 4 is 28.3 Å². The van der Waals surface area contributed by atoms with Crippen LogP contribution < -0.4 is 16.8 Å². The first-order valence-corrected chi connectivity index (χ1v) is 6.56. The summed E-state index contributed by atoms with van der Waals surface area (Å²) in [5.41, 5.74) is 11.2. The van der Waals surface area contributed by atoms with Crippen LogP contribution in [0.3, 0.4) is 0 Å². The van der Waals surface area contributed by atoms with Crippen molar-refractivity contribution in [2.45, 2.75) is 19.9 Å². The van der Waals surface area contributed by atoms with Crippen molar-refractivity contribution in [2.75, 3.05) is 31.7 Å². The summed E-state index contributed by atoms with van der Waals surface area (Å²) in [6.07, 6.45) is 0. The maximum Gasteiger partial charge on any atom is 0.255 e. The molecule has 6 nitrogen and oxygen atoms in total. The average molecular weight is 271 g/mol. The minimum atomic E-state index is -0.545. The summed E-state index contributed by atoms with van der Waals surface area (Å²) >= 11 is 1.17. The molecular formula is C11H21N5OS. The zero-order valence-corrected chi connectivity index (χ0v) is 12.0. The molecule has 18 heavy (non-hydrogen) atoms. The number of hydrogen-bond donors (Lipinski definition) is 3. The van der Waals surface area contributed by atoms with Crippen LogP contribution in [0.5, 0.6) is 0 Å². The highest BCUT2D eigenvalue weighted by Gasteiger charge is 2.21. The van der Waals surface area contributed by atoms with E-state index in [0.717, 1.165) is 6.54 Å². The molecule has 1 aromatic heterocycles. The molecule has 0 saturated heterocycles. The van der Waals surface area contributed by atoms with Crippen LogP contribution in [0.15, 0.2) is 0 Å². The largest absolute Gasteiger partial charge is 0.382 e. The van der Waals surface area contributed by atoms with Crippen LogP contribution in [-0.2, 0) is 0 Å². The number of primary amides is 1. The molecule has 1 unspecified atom stereocenters. The van der Waals surface area contributed by atoms with E-state index in [1.807, 2.05) is 14.1 Å². The number of hydrogen-bond acceptors (Lipinski definition) is 6. The lowest BCUT2D eigenvalue weighted by Gasteiger charge is -2.26. The Labute approximate surface area is 112 Å². The molecule has 0 aliphatic rings. The Balaban J connectivity index is 2.90. The van der Waals surface area contributed by atoms with Gasteiger partial charge in [0.05, 0.1) is 0 Å². The topological polar surface area (TPSA) is 97.3 Å². The summed E-state index contributed by atoms with van der Waals surface area (Å²) in [5.74, 6) is 0.0647. The quantitative estimate of drug-likeness (QED) is 0.711. The summed E-state index contributed by atoms with van der Waals surface area (Å²) in [5, 5.41) is 3.97. The van der Waals surface area contributed by atoms with Crippen LogP contribution in [-0.4, -0.2) is 41.9 Å². The molecule has 7 heteroatoms. The Hall–Kier alpha value is -1.34. The van der Waals surface area contributed by atoms with E-state index in [-0.39, 0.29) is 11.9 Å². The Morgan fingerprint density at radius 1 is 1.50 bits per heavy atom. The Morgan fingerprint density at radius 2 is 2.11 bits per heavy atom. The van der Waals surface area contributed by atoms with Crippen LogP contribution in [0.25, 0.3) is 0 Å². The van der Waals surface area contributed by atoms with Gasteiger partial charge in [-0.1, -0.05) is 13.8 Å². The van der Waals surface area contributed by atoms with Crippen molar-refractivity contribution in [1.29, 1.82) is 0 Å². The minimum Gasteiger partial charge on any atom is -0.382 e. The zero-order valence-electron chi connectivity index (χ0n) is 11.2. The highest BCUT2D eigenvalue weighted by Crippen LogP contribution is 2.27. The molecule has 1 heterocycles. The van der Waals surface area contributed by atoms with Crippen molar-refractivity contribution in [3.8, 4) is 0 Å². The average Bonchev–Trinajstić information content (AvgIpc) is 2.57. The number of anilines is 2. The van der Waals surface area contributed by atoms with E-state index in [4.69, 9.17) is 11.5 Å². The van der Waals surface area contributed by atoms with Crippen LogP contribution in [0.4, 0.5) is 10.8 Å². The third-order valence-electron chi connectivity index (χ3n) is 2.65. The third-order valence-corrected chi connectivity index (χ3v) is 3.44. The number of nitrogens with zero attached hydrogens (tertiary/aromatic N) is 2. The molecule has 102 valence electrons. The molecule has 0 spiro atoms. The number of likely N-dealkylation sites (N-methyl/N-ethyl adjacent to an activating group) is 1. The Bertz CT molecular complexity index is 416. The van der Waals surface area contributed by atoms with Gasteiger partial charge >= 0.3 is 0 Å². The standard InChI is InChI=1S/C11H21N5OS/c1-6(2)7(5-16(3)4)14-11-8(10(13)17)9(12)15-18-11/h6-7,14H,5H2,1-4H3,(H2,12,15)(H2,13,17).